The van der Waals surface area contributed by atoms with Crippen LogP contribution in [0.1, 0.15) is 26.3 Å². The highest BCUT2D eigenvalue weighted by Crippen LogP contribution is 2.23. The van der Waals surface area contributed by atoms with E-state index in [4.69, 9.17) is 17.3 Å². The Balaban J connectivity index is 2.80. The zero-order chi connectivity index (χ0) is 12.3. The van der Waals surface area contributed by atoms with Crippen molar-refractivity contribution in [3.05, 3.63) is 34.6 Å². The standard InChI is InChI=1S/C13H19ClFN/c1-8(2)9(3)13(16)7-10-11(14)5-4-6-12(10)15/h4-6,8-9,13H,7,16H2,1-3H3. The van der Waals surface area contributed by atoms with Crippen molar-refractivity contribution in [2.24, 2.45) is 17.6 Å². The largest absolute Gasteiger partial charge is 0.327 e. The van der Waals surface area contributed by atoms with E-state index in [2.05, 4.69) is 20.8 Å². The van der Waals surface area contributed by atoms with Crippen LogP contribution in [0.2, 0.25) is 5.02 Å². The van der Waals surface area contributed by atoms with Gasteiger partial charge in [0.2, 0.25) is 0 Å². The minimum Gasteiger partial charge on any atom is -0.327 e. The number of nitrogens with two attached hydrogens (primary N) is 1. The number of benzene rings is 1. The van der Waals surface area contributed by atoms with Crippen LogP contribution in [0.25, 0.3) is 0 Å². The molecule has 90 valence electrons. The molecule has 0 bridgehead atoms. The van der Waals surface area contributed by atoms with Gasteiger partial charge in [-0.1, -0.05) is 38.4 Å². The highest BCUT2D eigenvalue weighted by molar-refractivity contribution is 6.31. The average molecular weight is 244 g/mol. The summed E-state index contributed by atoms with van der Waals surface area (Å²) >= 11 is 5.96. The van der Waals surface area contributed by atoms with Crippen LogP contribution in [0, 0.1) is 17.7 Å². The number of halogens is 2. The first-order valence-electron chi connectivity index (χ1n) is 5.62. The molecular formula is C13H19ClFN. The second kappa shape index (κ2) is 5.65. The molecule has 1 aromatic carbocycles. The molecule has 0 heterocycles. The van der Waals surface area contributed by atoms with Crippen molar-refractivity contribution in [1.29, 1.82) is 0 Å². The normalized spacial score (nSPS) is 15.2. The molecule has 0 spiro atoms. The second-order valence-corrected chi connectivity index (χ2v) is 5.08. The van der Waals surface area contributed by atoms with Gasteiger partial charge in [0.1, 0.15) is 5.82 Å². The lowest BCUT2D eigenvalue weighted by atomic mass is 9.87. The topological polar surface area (TPSA) is 26.0 Å². The van der Waals surface area contributed by atoms with E-state index in [1.165, 1.54) is 6.07 Å². The van der Waals surface area contributed by atoms with Crippen LogP contribution in [0.4, 0.5) is 4.39 Å². The van der Waals surface area contributed by atoms with Gasteiger partial charge in [-0.25, -0.2) is 4.39 Å². The van der Waals surface area contributed by atoms with Gasteiger partial charge in [0.15, 0.2) is 0 Å². The lowest BCUT2D eigenvalue weighted by Crippen LogP contribution is -2.33. The molecule has 0 amide bonds. The van der Waals surface area contributed by atoms with Crippen molar-refractivity contribution >= 4 is 11.6 Å². The quantitative estimate of drug-likeness (QED) is 0.859. The first-order valence-corrected chi connectivity index (χ1v) is 5.99. The monoisotopic (exact) mass is 243 g/mol. The predicted molar refractivity (Wildman–Crippen MR) is 67.1 cm³/mol. The Labute approximate surface area is 102 Å². The molecule has 2 unspecified atom stereocenters. The van der Waals surface area contributed by atoms with Gasteiger partial charge >= 0.3 is 0 Å². The van der Waals surface area contributed by atoms with Gasteiger partial charge < -0.3 is 5.73 Å². The zero-order valence-corrected chi connectivity index (χ0v) is 10.8. The van der Waals surface area contributed by atoms with Gasteiger partial charge in [-0.2, -0.15) is 0 Å². The predicted octanol–water partition coefficient (Wildman–Crippen LogP) is 3.64. The Morgan fingerprint density at radius 2 is 1.94 bits per heavy atom. The van der Waals surface area contributed by atoms with Crippen LogP contribution in [0.3, 0.4) is 0 Å². The van der Waals surface area contributed by atoms with Crippen LogP contribution in [0.15, 0.2) is 18.2 Å². The number of hydrogen-bond donors (Lipinski definition) is 1. The van der Waals surface area contributed by atoms with Gasteiger partial charge in [0.25, 0.3) is 0 Å². The van der Waals surface area contributed by atoms with Crippen LogP contribution in [-0.4, -0.2) is 6.04 Å². The zero-order valence-electron chi connectivity index (χ0n) is 10.0. The van der Waals surface area contributed by atoms with Crippen LogP contribution < -0.4 is 5.73 Å². The van der Waals surface area contributed by atoms with Crippen LogP contribution in [-0.2, 0) is 6.42 Å². The van der Waals surface area contributed by atoms with E-state index < -0.39 is 0 Å². The molecule has 0 aliphatic heterocycles. The molecular weight excluding hydrogens is 225 g/mol. The van der Waals surface area contributed by atoms with Gasteiger partial charge in [-0.15, -0.1) is 0 Å². The molecule has 2 atom stereocenters. The minimum absolute atomic E-state index is 0.0607. The number of hydrogen-bond acceptors (Lipinski definition) is 1. The Hall–Kier alpha value is -0.600. The highest BCUT2D eigenvalue weighted by Gasteiger charge is 2.19. The smallest absolute Gasteiger partial charge is 0.127 e. The molecule has 0 saturated carbocycles. The maximum atomic E-state index is 13.5. The summed E-state index contributed by atoms with van der Waals surface area (Å²) in [5.74, 6) is 0.565. The van der Waals surface area contributed by atoms with E-state index in [-0.39, 0.29) is 11.9 Å². The third kappa shape index (κ3) is 3.19. The van der Waals surface area contributed by atoms with Crippen LogP contribution >= 0.6 is 11.6 Å². The molecule has 16 heavy (non-hydrogen) atoms. The molecule has 2 N–H and O–H groups in total. The molecule has 0 radical (unpaired) electrons. The SMILES string of the molecule is CC(C)C(C)C(N)Cc1c(F)cccc1Cl. The summed E-state index contributed by atoms with van der Waals surface area (Å²) in [5.41, 5.74) is 6.59. The first kappa shape index (κ1) is 13.5. The second-order valence-electron chi connectivity index (χ2n) is 4.67. The van der Waals surface area contributed by atoms with Crippen molar-refractivity contribution in [2.75, 3.05) is 0 Å². The molecule has 0 aromatic heterocycles. The van der Waals surface area contributed by atoms with Crippen molar-refractivity contribution in [2.45, 2.75) is 33.2 Å². The lowest BCUT2D eigenvalue weighted by Gasteiger charge is -2.23. The van der Waals surface area contributed by atoms with Crippen molar-refractivity contribution in [1.82, 2.24) is 0 Å². The Kier molecular flexibility index (Phi) is 4.75. The summed E-state index contributed by atoms with van der Waals surface area (Å²) in [6.07, 6.45) is 0.491. The fraction of sp³-hybridized carbons (Fsp3) is 0.538. The summed E-state index contributed by atoms with van der Waals surface area (Å²) in [6.45, 7) is 6.32. The minimum atomic E-state index is -0.265. The Bertz CT molecular complexity index is 332. The lowest BCUT2D eigenvalue weighted by molar-refractivity contribution is 0.342. The van der Waals surface area contributed by atoms with E-state index in [0.717, 1.165) is 0 Å². The Morgan fingerprint density at radius 3 is 2.44 bits per heavy atom. The van der Waals surface area contributed by atoms with Gasteiger partial charge in [-0.3, -0.25) is 0 Å². The average Bonchev–Trinajstić information content (AvgIpc) is 2.22. The molecule has 3 heteroatoms. The third-order valence-electron chi connectivity index (χ3n) is 3.23. The fourth-order valence-electron chi connectivity index (χ4n) is 1.64. The Morgan fingerprint density at radius 1 is 1.31 bits per heavy atom. The van der Waals surface area contributed by atoms with Gasteiger partial charge in [-0.05, 0) is 30.4 Å². The summed E-state index contributed by atoms with van der Waals surface area (Å²) in [7, 11) is 0. The number of rotatable bonds is 4. The van der Waals surface area contributed by atoms with Crippen molar-refractivity contribution in [3.8, 4) is 0 Å². The molecule has 1 rings (SSSR count). The van der Waals surface area contributed by atoms with Crippen molar-refractivity contribution in [3.63, 3.8) is 0 Å². The van der Waals surface area contributed by atoms with E-state index in [1.807, 2.05) is 0 Å². The van der Waals surface area contributed by atoms with E-state index in [0.29, 0.717) is 28.8 Å². The molecule has 1 nitrogen and oxygen atoms in total. The van der Waals surface area contributed by atoms with E-state index in [9.17, 15) is 4.39 Å². The molecule has 0 saturated heterocycles. The summed E-state index contributed by atoms with van der Waals surface area (Å²) in [5, 5.41) is 0.464. The maximum absolute atomic E-state index is 13.5. The van der Waals surface area contributed by atoms with Gasteiger partial charge in [0, 0.05) is 16.6 Å². The summed E-state index contributed by atoms with van der Waals surface area (Å²) in [4.78, 5) is 0. The first-order chi connectivity index (χ1) is 7.43. The molecule has 0 aliphatic carbocycles. The van der Waals surface area contributed by atoms with E-state index >= 15 is 0 Å². The molecule has 0 fully saturated rings. The third-order valence-corrected chi connectivity index (χ3v) is 3.58. The van der Waals surface area contributed by atoms with Gasteiger partial charge in [0.05, 0.1) is 0 Å². The maximum Gasteiger partial charge on any atom is 0.127 e. The molecule has 1 aromatic rings. The summed E-state index contributed by atoms with van der Waals surface area (Å²) in [6, 6.07) is 4.67. The fourth-order valence-corrected chi connectivity index (χ4v) is 1.88. The molecule has 0 aliphatic rings. The summed E-state index contributed by atoms with van der Waals surface area (Å²) < 4.78 is 13.5. The highest BCUT2D eigenvalue weighted by atomic mass is 35.5. The van der Waals surface area contributed by atoms with Crippen molar-refractivity contribution < 1.29 is 4.39 Å². The van der Waals surface area contributed by atoms with E-state index in [1.54, 1.807) is 12.1 Å². The van der Waals surface area contributed by atoms with Crippen LogP contribution in [0.5, 0.6) is 0 Å².